The highest BCUT2D eigenvalue weighted by atomic mass is 35.5. The summed E-state index contributed by atoms with van der Waals surface area (Å²) in [5.74, 6) is 1.07. The molecule has 2 aromatic carbocycles. The molecule has 0 amide bonds. The maximum absolute atomic E-state index is 13.3. The SMILES string of the molecule is COc1cc2c(cc1S(=O)(=O)c1cccc(Cl)c1Cl)C1CCNCC1O2. The van der Waals surface area contributed by atoms with Crippen molar-refractivity contribution in [2.24, 2.45) is 0 Å². The molecule has 2 aliphatic heterocycles. The van der Waals surface area contributed by atoms with Crippen LogP contribution in [0.2, 0.25) is 10.0 Å². The summed E-state index contributed by atoms with van der Waals surface area (Å²) in [6.45, 7) is 1.61. The van der Waals surface area contributed by atoms with Crippen LogP contribution in [0.3, 0.4) is 0 Å². The van der Waals surface area contributed by atoms with Crippen LogP contribution in [0.25, 0.3) is 0 Å². The Morgan fingerprint density at radius 2 is 2.04 bits per heavy atom. The van der Waals surface area contributed by atoms with Gasteiger partial charge >= 0.3 is 0 Å². The number of methoxy groups -OCH3 is 1. The second-order valence-corrected chi connectivity index (χ2v) is 9.02. The minimum Gasteiger partial charge on any atom is -0.495 e. The molecule has 138 valence electrons. The number of nitrogens with one attached hydrogen (secondary N) is 1. The average Bonchev–Trinajstić information content (AvgIpc) is 3.00. The lowest BCUT2D eigenvalue weighted by molar-refractivity contribution is 0.176. The molecule has 2 aromatic rings. The summed E-state index contributed by atoms with van der Waals surface area (Å²) in [6, 6.07) is 7.87. The Balaban J connectivity index is 1.88. The van der Waals surface area contributed by atoms with E-state index in [4.69, 9.17) is 32.7 Å². The topological polar surface area (TPSA) is 64.6 Å². The number of piperidine rings is 1. The van der Waals surface area contributed by atoms with Crippen LogP contribution in [0.1, 0.15) is 17.9 Å². The highest BCUT2D eigenvalue weighted by Crippen LogP contribution is 2.46. The molecule has 5 nitrogen and oxygen atoms in total. The van der Waals surface area contributed by atoms with Crippen molar-refractivity contribution in [3.63, 3.8) is 0 Å². The Morgan fingerprint density at radius 3 is 2.81 bits per heavy atom. The van der Waals surface area contributed by atoms with Crippen molar-refractivity contribution < 1.29 is 17.9 Å². The van der Waals surface area contributed by atoms with Crippen LogP contribution in [0.5, 0.6) is 11.5 Å². The van der Waals surface area contributed by atoms with Gasteiger partial charge in [0, 0.05) is 24.1 Å². The Labute approximate surface area is 162 Å². The summed E-state index contributed by atoms with van der Waals surface area (Å²) in [6.07, 6.45) is 0.901. The predicted molar refractivity (Wildman–Crippen MR) is 99.6 cm³/mol. The van der Waals surface area contributed by atoms with Gasteiger partial charge in [-0.2, -0.15) is 0 Å². The lowest BCUT2D eigenvalue weighted by atomic mass is 9.90. The van der Waals surface area contributed by atoms with Gasteiger partial charge in [0.1, 0.15) is 22.5 Å². The van der Waals surface area contributed by atoms with E-state index in [9.17, 15) is 8.42 Å². The van der Waals surface area contributed by atoms with Gasteiger partial charge in [-0.25, -0.2) is 8.42 Å². The first-order valence-electron chi connectivity index (χ1n) is 8.22. The number of fused-ring (bicyclic) bond motifs is 3. The Bertz CT molecular complexity index is 977. The monoisotopic (exact) mass is 413 g/mol. The summed E-state index contributed by atoms with van der Waals surface area (Å²) in [7, 11) is -2.47. The molecule has 2 atom stereocenters. The van der Waals surface area contributed by atoms with Crippen molar-refractivity contribution in [1.82, 2.24) is 5.32 Å². The van der Waals surface area contributed by atoms with Crippen molar-refractivity contribution in [3.05, 3.63) is 45.9 Å². The predicted octanol–water partition coefficient (Wildman–Crippen LogP) is 3.67. The van der Waals surface area contributed by atoms with E-state index in [1.165, 1.54) is 13.2 Å². The minimum absolute atomic E-state index is 0.00714. The Kier molecular flexibility index (Phi) is 4.55. The van der Waals surface area contributed by atoms with E-state index >= 15 is 0 Å². The van der Waals surface area contributed by atoms with Gasteiger partial charge in [0.25, 0.3) is 0 Å². The molecule has 0 radical (unpaired) electrons. The lowest BCUT2D eigenvalue weighted by Gasteiger charge is -2.24. The maximum Gasteiger partial charge on any atom is 0.211 e. The second-order valence-electron chi connectivity index (χ2n) is 6.35. The third kappa shape index (κ3) is 2.76. The molecule has 4 rings (SSSR count). The summed E-state index contributed by atoms with van der Waals surface area (Å²) in [5.41, 5.74) is 0.897. The Hall–Kier alpha value is -1.47. The molecule has 0 bridgehead atoms. The molecule has 0 saturated carbocycles. The number of sulfone groups is 1. The fourth-order valence-corrected chi connectivity index (χ4v) is 5.79. The second kappa shape index (κ2) is 6.60. The normalized spacial score (nSPS) is 21.7. The molecule has 2 heterocycles. The zero-order valence-corrected chi connectivity index (χ0v) is 16.3. The number of benzene rings is 2. The molecular formula is C18H17Cl2NO4S. The molecular weight excluding hydrogens is 397 g/mol. The standard InChI is InChI=1S/C18H17Cl2NO4S/c1-24-14-8-13-11(10-5-6-21-9-15(10)25-13)7-17(14)26(22,23)16-4-2-3-12(19)18(16)20/h2-4,7-8,10,15,21H,5-6,9H2,1H3. The van der Waals surface area contributed by atoms with Crippen molar-refractivity contribution in [2.45, 2.75) is 28.2 Å². The first kappa shape index (κ1) is 17.9. The summed E-state index contributed by atoms with van der Waals surface area (Å²) < 4.78 is 37.9. The molecule has 1 N–H and O–H groups in total. The lowest BCUT2D eigenvalue weighted by Crippen LogP contribution is -2.39. The smallest absolute Gasteiger partial charge is 0.211 e. The van der Waals surface area contributed by atoms with E-state index in [2.05, 4.69) is 5.32 Å². The molecule has 1 saturated heterocycles. The van der Waals surface area contributed by atoms with E-state index in [0.717, 1.165) is 25.1 Å². The quantitative estimate of drug-likeness (QED) is 0.831. The van der Waals surface area contributed by atoms with Gasteiger partial charge in [0.15, 0.2) is 0 Å². The van der Waals surface area contributed by atoms with Crippen LogP contribution in [-0.4, -0.2) is 34.7 Å². The molecule has 1 fully saturated rings. The van der Waals surface area contributed by atoms with Crippen molar-refractivity contribution in [1.29, 1.82) is 0 Å². The summed E-state index contributed by atoms with van der Waals surface area (Å²) in [4.78, 5) is 0.0383. The number of rotatable bonds is 3. The van der Waals surface area contributed by atoms with E-state index in [0.29, 0.717) is 5.75 Å². The molecule has 26 heavy (non-hydrogen) atoms. The van der Waals surface area contributed by atoms with Crippen LogP contribution in [0.4, 0.5) is 0 Å². The number of hydrogen-bond acceptors (Lipinski definition) is 5. The zero-order chi connectivity index (χ0) is 18.5. The number of hydrogen-bond donors (Lipinski definition) is 1. The molecule has 2 unspecified atom stereocenters. The van der Waals surface area contributed by atoms with Crippen LogP contribution >= 0.6 is 23.2 Å². The largest absolute Gasteiger partial charge is 0.495 e. The first-order valence-corrected chi connectivity index (χ1v) is 10.5. The van der Waals surface area contributed by atoms with Crippen LogP contribution in [0.15, 0.2) is 40.1 Å². The van der Waals surface area contributed by atoms with E-state index in [-0.39, 0.29) is 37.6 Å². The van der Waals surface area contributed by atoms with Crippen molar-refractivity contribution in [2.75, 3.05) is 20.2 Å². The fourth-order valence-electron chi connectivity index (χ4n) is 3.60. The highest BCUT2D eigenvalue weighted by Gasteiger charge is 2.38. The average molecular weight is 414 g/mol. The minimum atomic E-state index is -3.91. The fraction of sp³-hybridized carbons (Fsp3) is 0.333. The Morgan fingerprint density at radius 1 is 1.23 bits per heavy atom. The first-order chi connectivity index (χ1) is 12.4. The van der Waals surface area contributed by atoms with Gasteiger partial charge in [0.2, 0.25) is 9.84 Å². The third-order valence-corrected chi connectivity index (χ3v) is 7.64. The van der Waals surface area contributed by atoms with Crippen LogP contribution < -0.4 is 14.8 Å². The number of ether oxygens (including phenoxy) is 2. The van der Waals surface area contributed by atoms with Crippen molar-refractivity contribution in [3.8, 4) is 11.5 Å². The molecule has 0 aromatic heterocycles. The zero-order valence-electron chi connectivity index (χ0n) is 14.0. The highest BCUT2D eigenvalue weighted by molar-refractivity contribution is 7.91. The molecule has 2 aliphatic rings. The van der Waals surface area contributed by atoms with Crippen LogP contribution in [0, 0.1) is 0 Å². The summed E-state index contributed by atoms with van der Waals surface area (Å²) in [5, 5.41) is 3.49. The molecule has 0 spiro atoms. The van der Waals surface area contributed by atoms with Gasteiger partial charge in [-0.15, -0.1) is 0 Å². The van der Waals surface area contributed by atoms with Gasteiger partial charge in [-0.05, 0) is 31.2 Å². The maximum atomic E-state index is 13.3. The van der Waals surface area contributed by atoms with E-state index in [1.54, 1.807) is 24.3 Å². The van der Waals surface area contributed by atoms with Gasteiger partial charge in [-0.1, -0.05) is 29.3 Å². The molecule has 0 aliphatic carbocycles. The van der Waals surface area contributed by atoms with Gasteiger partial charge in [-0.3, -0.25) is 0 Å². The number of halogens is 2. The van der Waals surface area contributed by atoms with Crippen LogP contribution in [-0.2, 0) is 9.84 Å². The van der Waals surface area contributed by atoms with E-state index in [1.807, 2.05) is 0 Å². The third-order valence-electron chi connectivity index (χ3n) is 4.90. The summed E-state index contributed by atoms with van der Waals surface area (Å²) >= 11 is 12.2. The van der Waals surface area contributed by atoms with E-state index < -0.39 is 9.84 Å². The molecule has 8 heteroatoms. The van der Waals surface area contributed by atoms with Gasteiger partial charge in [0.05, 0.1) is 22.1 Å². The van der Waals surface area contributed by atoms with Gasteiger partial charge < -0.3 is 14.8 Å². The van der Waals surface area contributed by atoms with Crippen molar-refractivity contribution >= 4 is 33.0 Å².